The van der Waals surface area contributed by atoms with Gasteiger partial charge in [0.1, 0.15) is 11.8 Å². The van der Waals surface area contributed by atoms with Crippen molar-refractivity contribution in [2.24, 2.45) is 11.0 Å². The first-order valence-corrected chi connectivity index (χ1v) is 6.53. The summed E-state index contributed by atoms with van der Waals surface area (Å²) < 4.78 is 9.97. The van der Waals surface area contributed by atoms with Crippen LogP contribution in [0.4, 0.5) is 4.79 Å². The Hall–Kier alpha value is -1.59. The lowest BCUT2D eigenvalue weighted by Gasteiger charge is -2.24. The Bertz CT molecular complexity index is 356. The lowest BCUT2D eigenvalue weighted by molar-refractivity contribution is -0.134. The summed E-state index contributed by atoms with van der Waals surface area (Å²) in [6.45, 7) is 7.83. The van der Waals surface area contributed by atoms with E-state index in [0.717, 1.165) is 19.1 Å². The molecular formula is C13H22N2O4. The maximum Gasteiger partial charge on any atom is 0.430 e. The summed E-state index contributed by atoms with van der Waals surface area (Å²) in [7, 11) is 0. The number of carbonyl (C=O) groups is 2. The summed E-state index contributed by atoms with van der Waals surface area (Å²) in [4.78, 5) is 23.1. The Morgan fingerprint density at radius 3 is 2.47 bits per heavy atom. The molecule has 6 nitrogen and oxygen atoms in total. The highest BCUT2D eigenvalue weighted by Gasteiger charge is 2.29. The topological polar surface area (TPSA) is 68.2 Å². The molecule has 1 saturated carbocycles. The van der Waals surface area contributed by atoms with Gasteiger partial charge in [0.15, 0.2) is 0 Å². The molecule has 1 amide bonds. The van der Waals surface area contributed by atoms with Gasteiger partial charge in [-0.05, 0) is 46.5 Å². The van der Waals surface area contributed by atoms with Crippen LogP contribution in [0.15, 0.2) is 5.10 Å². The zero-order valence-electron chi connectivity index (χ0n) is 12.0. The first-order valence-electron chi connectivity index (χ1n) is 6.53. The van der Waals surface area contributed by atoms with Gasteiger partial charge < -0.3 is 9.47 Å². The summed E-state index contributed by atoms with van der Waals surface area (Å²) in [5.41, 5.74) is -0.585. The standard InChI is InChI=1S/C13H22N2O4/c1-5-18-11(16)8-14-15(9-10-6-7-10)12(17)19-13(2,3)4/h8,10H,5-7,9H2,1-4H3/b14-8+. The molecule has 0 aromatic heterocycles. The Kier molecular flexibility index (Phi) is 5.32. The highest BCUT2D eigenvalue weighted by molar-refractivity contribution is 6.23. The Morgan fingerprint density at radius 2 is 2.00 bits per heavy atom. The maximum atomic E-state index is 11.9. The van der Waals surface area contributed by atoms with Crippen molar-refractivity contribution in [3.05, 3.63) is 0 Å². The summed E-state index contributed by atoms with van der Waals surface area (Å²) in [6, 6.07) is 0. The molecule has 0 unspecified atom stereocenters. The molecule has 1 aliphatic carbocycles. The fourth-order valence-corrected chi connectivity index (χ4v) is 1.32. The quantitative estimate of drug-likeness (QED) is 0.436. The van der Waals surface area contributed by atoms with Crippen molar-refractivity contribution >= 4 is 18.3 Å². The predicted molar refractivity (Wildman–Crippen MR) is 70.8 cm³/mol. The van der Waals surface area contributed by atoms with Crippen LogP contribution < -0.4 is 0 Å². The minimum Gasteiger partial charge on any atom is -0.462 e. The average molecular weight is 270 g/mol. The zero-order chi connectivity index (χ0) is 14.5. The van der Waals surface area contributed by atoms with Crippen LogP contribution in [0, 0.1) is 5.92 Å². The van der Waals surface area contributed by atoms with E-state index < -0.39 is 17.7 Å². The molecule has 0 spiro atoms. The monoisotopic (exact) mass is 270 g/mol. The first kappa shape index (κ1) is 15.5. The normalized spacial score (nSPS) is 15.4. The molecule has 6 heteroatoms. The molecule has 108 valence electrons. The fraction of sp³-hybridized carbons (Fsp3) is 0.769. The number of ether oxygens (including phenoxy) is 2. The van der Waals surface area contributed by atoms with Crippen molar-refractivity contribution < 1.29 is 19.1 Å². The third kappa shape index (κ3) is 6.79. The van der Waals surface area contributed by atoms with Crippen molar-refractivity contribution in [3.8, 4) is 0 Å². The average Bonchev–Trinajstić information content (AvgIpc) is 3.05. The highest BCUT2D eigenvalue weighted by atomic mass is 16.6. The van der Waals surface area contributed by atoms with Crippen LogP contribution in [0.1, 0.15) is 40.5 Å². The Balaban J connectivity index is 2.60. The van der Waals surface area contributed by atoms with Gasteiger partial charge in [0.25, 0.3) is 0 Å². The lowest BCUT2D eigenvalue weighted by atomic mass is 10.2. The van der Waals surface area contributed by atoms with Crippen molar-refractivity contribution in [1.29, 1.82) is 0 Å². The summed E-state index contributed by atoms with van der Waals surface area (Å²) in [5.74, 6) is -0.112. The second-order valence-corrected chi connectivity index (χ2v) is 5.50. The third-order valence-electron chi connectivity index (χ3n) is 2.32. The van der Waals surface area contributed by atoms with E-state index in [1.165, 1.54) is 5.01 Å². The van der Waals surface area contributed by atoms with Gasteiger partial charge in [-0.2, -0.15) is 10.1 Å². The van der Waals surface area contributed by atoms with Crippen LogP contribution in [-0.2, 0) is 14.3 Å². The number of hydrogen-bond donors (Lipinski definition) is 0. The van der Waals surface area contributed by atoms with E-state index in [0.29, 0.717) is 12.5 Å². The number of hydrazone groups is 1. The van der Waals surface area contributed by atoms with Crippen LogP contribution in [0.2, 0.25) is 0 Å². The second kappa shape index (κ2) is 6.54. The number of rotatable bonds is 5. The molecule has 1 rings (SSSR count). The molecule has 0 heterocycles. The van der Waals surface area contributed by atoms with Crippen molar-refractivity contribution in [2.75, 3.05) is 13.2 Å². The largest absolute Gasteiger partial charge is 0.462 e. The van der Waals surface area contributed by atoms with Crippen molar-refractivity contribution in [2.45, 2.75) is 46.1 Å². The van der Waals surface area contributed by atoms with E-state index in [1.54, 1.807) is 27.7 Å². The summed E-state index contributed by atoms with van der Waals surface area (Å²) in [6.07, 6.45) is 2.62. The molecule has 0 saturated heterocycles. The molecule has 1 aliphatic rings. The van der Waals surface area contributed by atoms with Crippen LogP contribution in [0.25, 0.3) is 0 Å². The van der Waals surface area contributed by atoms with E-state index in [9.17, 15) is 9.59 Å². The van der Waals surface area contributed by atoms with E-state index in [2.05, 4.69) is 5.10 Å². The van der Waals surface area contributed by atoms with Gasteiger partial charge in [0.2, 0.25) is 0 Å². The third-order valence-corrected chi connectivity index (χ3v) is 2.32. The Labute approximate surface area is 113 Å². The van der Waals surface area contributed by atoms with Crippen LogP contribution in [0.5, 0.6) is 0 Å². The van der Waals surface area contributed by atoms with Crippen LogP contribution >= 0.6 is 0 Å². The molecular weight excluding hydrogens is 248 g/mol. The number of carbonyl (C=O) groups excluding carboxylic acids is 2. The van der Waals surface area contributed by atoms with Crippen molar-refractivity contribution in [1.82, 2.24) is 5.01 Å². The molecule has 0 atom stereocenters. The van der Waals surface area contributed by atoms with Gasteiger partial charge in [0.05, 0.1) is 13.2 Å². The molecule has 0 bridgehead atoms. The molecule has 0 aromatic rings. The van der Waals surface area contributed by atoms with E-state index in [4.69, 9.17) is 9.47 Å². The smallest absolute Gasteiger partial charge is 0.430 e. The minimum atomic E-state index is -0.585. The second-order valence-electron chi connectivity index (χ2n) is 5.50. The predicted octanol–water partition coefficient (Wildman–Crippen LogP) is 2.18. The van der Waals surface area contributed by atoms with Gasteiger partial charge in [-0.1, -0.05) is 0 Å². The first-order chi connectivity index (χ1) is 8.81. The fourth-order valence-electron chi connectivity index (χ4n) is 1.32. The van der Waals surface area contributed by atoms with Gasteiger partial charge in [-0.3, -0.25) is 0 Å². The van der Waals surface area contributed by atoms with E-state index in [-0.39, 0.29) is 6.61 Å². The molecule has 0 aromatic carbocycles. The van der Waals surface area contributed by atoms with Gasteiger partial charge in [-0.25, -0.2) is 9.59 Å². The maximum absolute atomic E-state index is 11.9. The molecule has 0 radical (unpaired) electrons. The van der Waals surface area contributed by atoms with Gasteiger partial charge in [-0.15, -0.1) is 0 Å². The van der Waals surface area contributed by atoms with E-state index in [1.807, 2.05) is 0 Å². The van der Waals surface area contributed by atoms with Gasteiger partial charge in [0, 0.05) is 0 Å². The SMILES string of the molecule is CCOC(=O)/C=N/N(CC1CC1)C(=O)OC(C)(C)C. The summed E-state index contributed by atoms with van der Waals surface area (Å²) in [5, 5.41) is 5.06. The number of nitrogens with zero attached hydrogens (tertiary/aromatic N) is 2. The van der Waals surface area contributed by atoms with Gasteiger partial charge >= 0.3 is 12.1 Å². The Morgan fingerprint density at radius 1 is 1.37 bits per heavy atom. The number of amides is 1. The van der Waals surface area contributed by atoms with Crippen LogP contribution in [0.3, 0.4) is 0 Å². The molecule has 19 heavy (non-hydrogen) atoms. The number of hydrogen-bond acceptors (Lipinski definition) is 5. The molecule has 0 aliphatic heterocycles. The minimum absolute atomic E-state index is 0.278. The number of esters is 1. The zero-order valence-corrected chi connectivity index (χ0v) is 12.0. The van der Waals surface area contributed by atoms with E-state index >= 15 is 0 Å². The summed E-state index contributed by atoms with van der Waals surface area (Å²) >= 11 is 0. The van der Waals surface area contributed by atoms with Crippen molar-refractivity contribution in [3.63, 3.8) is 0 Å². The van der Waals surface area contributed by atoms with Crippen LogP contribution in [-0.4, -0.2) is 42.0 Å². The molecule has 1 fully saturated rings. The molecule has 0 N–H and O–H groups in total. The highest BCUT2D eigenvalue weighted by Crippen LogP contribution is 2.30. The lowest BCUT2D eigenvalue weighted by Crippen LogP contribution is -2.35.